The summed E-state index contributed by atoms with van der Waals surface area (Å²) in [5, 5.41) is 0. The van der Waals surface area contributed by atoms with Gasteiger partial charge in [-0.1, -0.05) is 0 Å². The molecule has 5 heteroatoms. The van der Waals surface area contributed by atoms with Crippen LogP contribution in [0.15, 0.2) is 45.7 Å². The van der Waals surface area contributed by atoms with Crippen LogP contribution in [0.25, 0.3) is 0 Å². The van der Waals surface area contributed by atoms with Crippen LogP contribution >= 0.6 is 0 Å². The molecule has 0 atom stereocenters. The molecular formula is C10H8N2O3. The predicted molar refractivity (Wildman–Crippen MR) is 57.3 cm³/mol. The summed E-state index contributed by atoms with van der Waals surface area (Å²) >= 11 is 0. The van der Waals surface area contributed by atoms with Crippen molar-refractivity contribution in [3.63, 3.8) is 0 Å². The Kier molecular flexibility index (Phi) is 6.02. The lowest BCUT2D eigenvalue weighted by Crippen LogP contribution is -1.61. The minimum absolute atomic E-state index is 0. The molecule has 0 bridgehead atoms. The molecule has 2 heterocycles. The highest BCUT2D eigenvalue weighted by atomic mass is 16.1. The number of aliphatic imine (C=N–C) groups is 2. The molecule has 15 heavy (non-hydrogen) atoms. The van der Waals surface area contributed by atoms with Gasteiger partial charge in [0.15, 0.2) is 11.9 Å². The van der Waals surface area contributed by atoms with E-state index in [4.69, 9.17) is 0 Å². The van der Waals surface area contributed by atoms with Crippen LogP contribution < -0.4 is 0 Å². The van der Waals surface area contributed by atoms with E-state index in [2.05, 4.69) is 9.98 Å². The van der Waals surface area contributed by atoms with Gasteiger partial charge in [-0.25, -0.2) is 19.6 Å². The molecule has 2 rings (SSSR count). The Morgan fingerprint density at radius 3 is 1.40 bits per heavy atom. The average Bonchev–Trinajstić information content (AvgIpc) is 2.92. The van der Waals surface area contributed by atoms with Crippen LogP contribution in [0.5, 0.6) is 0 Å². The van der Waals surface area contributed by atoms with E-state index < -0.39 is 0 Å². The van der Waals surface area contributed by atoms with Gasteiger partial charge in [-0.3, -0.25) is 0 Å². The molecule has 0 aromatic rings. The van der Waals surface area contributed by atoms with Gasteiger partial charge in [0.05, 0.1) is 0 Å². The molecule has 2 aliphatic rings. The molecule has 0 saturated heterocycles. The summed E-state index contributed by atoms with van der Waals surface area (Å²) in [5.41, 5.74) is 0.750. The van der Waals surface area contributed by atoms with Gasteiger partial charge in [0.25, 0.3) is 0 Å². The van der Waals surface area contributed by atoms with Crippen LogP contribution in [-0.4, -0.2) is 29.8 Å². The first-order chi connectivity index (χ1) is 6.86. The van der Waals surface area contributed by atoms with Crippen LogP contribution in [0.4, 0.5) is 0 Å². The molecule has 0 saturated carbocycles. The number of rotatable bonds is 0. The smallest absolute Gasteiger partial charge is 0.152 e. The van der Waals surface area contributed by atoms with Gasteiger partial charge in [-0.05, 0) is 24.3 Å². The van der Waals surface area contributed by atoms with Gasteiger partial charge >= 0.3 is 0 Å². The first kappa shape index (κ1) is 12.7. The van der Waals surface area contributed by atoms with E-state index in [-0.39, 0.29) is 5.48 Å². The Hall–Kier alpha value is -2.32. The van der Waals surface area contributed by atoms with Crippen LogP contribution in [-0.2, 0) is 9.59 Å². The van der Waals surface area contributed by atoms with Crippen molar-refractivity contribution in [2.45, 2.75) is 0 Å². The zero-order valence-electron chi connectivity index (χ0n) is 7.68. The molecule has 0 unspecified atom stereocenters. The van der Waals surface area contributed by atoms with Crippen molar-refractivity contribution in [2.75, 3.05) is 0 Å². The maximum absolute atomic E-state index is 9.68. The molecule has 0 aromatic heterocycles. The van der Waals surface area contributed by atoms with Gasteiger partial charge in [0.2, 0.25) is 0 Å². The van der Waals surface area contributed by atoms with Gasteiger partial charge in [-0.2, -0.15) is 0 Å². The minimum Gasteiger partial charge on any atom is -0.412 e. The van der Waals surface area contributed by atoms with Crippen molar-refractivity contribution < 1.29 is 15.1 Å². The fraction of sp³-hybridized carbons (Fsp3) is 0. The van der Waals surface area contributed by atoms with Gasteiger partial charge < -0.3 is 5.48 Å². The Morgan fingerprint density at radius 1 is 0.867 bits per heavy atom. The van der Waals surface area contributed by atoms with Crippen molar-refractivity contribution in [3.05, 3.63) is 35.7 Å². The second-order valence-corrected chi connectivity index (χ2v) is 2.25. The number of nitrogens with zero attached hydrogens (tertiary/aromatic N) is 2. The van der Waals surface area contributed by atoms with E-state index in [1.165, 1.54) is 0 Å². The topological polar surface area (TPSA) is 90.4 Å². The van der Waals surface area contributed by atoms with Crippen molar-refractivity contribution in [3.8, 4) is 0 Å². The van der Waals surface area contributed by atoms with E-state index in [9.17, 15) is 9.59 Å². The van der Waals surface area contributed by atoms with Crippen molar-refractivity contribution in [1.29, 1.82) is 0 Å². The molecule has 76 valence electrons. The maximum Gasteiger partial charge on any atom is 0.152 e. The summed E-state index contributed by atoms with van der Waals surface area (Å²) in [6, 6.07) is 0. The Bertz CT molecular complexity index is 362. The summed E-state index contributed by atoms with van der Waals surface area (Å²) in [7, 11) is 0. The predicted octanol–water partition coefficient (Wildman–Crippen LogP) is -0.140. The molecule has 0 aliphatic carbocycles. The second-order valence-electron chi connectivity index (χ2n) is 2.25. The lowest BCUT2D eigenvalue weighted by Gasteiger charge is -1.68. The third-order valence-electron chi connectivity index (χ3n) is 1.32. The summed E-state index contributed by atoms with van der Waals surface area (Å²) in [6.07, 6.45) is 9.71. The van der Waals surface area contributed by atoms with Gasteiger partial charge in [-0.15, -0.1) is 0 Å². The van der Waals surface area contributed by atoms with Crippen molar-refractivity contribution in [2.24, 2.45) is 9.98 Å². The Labute approximate surface area is 85.9 Å². The van der Waals surface area contributed by atoms with E-state index in [1.54, 1.807) is 48.6 Å². The Morgan fingerprint density at radius 2 is 1.27 bits per heavy atom. The zero-order valence-corrected chi connectivity index (χ0v) is 7.68. The minimum atomic E-state index is 0. The molecule has 0 spiro atoms. The summed E-state index contributed by atoms with van der Waals surface area (Å²) in [6.45, 7) is 0. The quantitative estimate of drug-likeness (QED) is 0.514. The largest absolute Gasteiger partial charge is 0.412 e. The SMILES string of the molecule is O.O=C=C1C=CC=N1.O=C=C1C=CC=N1. The lowest BCUT2D eigenvalue weighted by molar-refractivity contribution is 0.567. The molecule has 2 N–H and O–H groups in total. The monoisotopic (exact) mass is 204 g/mol. The van der Waals surface area contributed by atoms with Gasteiger partial charge in [0.1, 0.15) is 11.4 Å². The highest BCUT2D eigenvalue weighted by Crippen LogP contribution is 1.97. The summed E-state index contributed by atoms with van der Waals surface area (Å²) in [4.78, 5) is 26.6. The fourth-order valence-electron chi connectivity index (χ4n) is 0.722. The van der Waals surface area contributed by atoms with E-state index >= 15 is 0 Å². The highest BCUT2D eigenvalue weighted by molar-refractivity contribution is 5.81. The van der Waals surface area contributed by atoms with Crippen molar-refractivity contribution >= 4 is 24.3 Å². The first-order valence-corrected chi connectivity index (χ1v) is 3.78. The van der Waals surface area contributed by atoms with Crippen LogP contribution in [0.1, 0.15) is 0 Å². The average molecular weight is 204 g/mol. The molecule has 5 nitrogen and oxygen atoms in total. The number of carbonyl (C=O) groups excluding carboxylic acids is 2. The molecule has 0 aromatic carbocycles. The maximum atomic E-state index is 9.68. The molecule has 2 aliphatic heterocycles. The number of hydrogen-bond donors (Lipinski definition) is 0. The van der Waals surface area contributed by atoms with E-state index in [0.29, 0.717) is 11.4 Å². The summed E-state index contributed by atoms with van der Waals surface area (Å²) < 4.78 is 0. The fourth-order valence-corrected chi connectivity index (χ4v) is 0.722. The molecule has 0 fully saturated rings. The second kappa shape index (κ2) is 7.12. The van der Waals surface area contributed by atoms with Crippen LogP contribution in [0, 0.1) is 0 Å². The van der Waals surface area contributed by atoms with E-state index in [0.717, 1.165) is 0 Å². The number of hydrogen-bond acceptors (Lipinski definition) is 4. The third-order valence-corrected chi connectivity index (χ3v) is 1.32. The molecule has 0 amide bonds. The molecule has 0 radical (unpaired) electrons. The third kappa shape index (κ3) is 4.45. The van der Waals surface area contributed by atoms with Crippen LogP contribution in [0.2, 0.25) is 0 Å². The van der Waals surface area contributed by atoms with Gasteiger partial charge in [0, 0.05) is 12.4 Å². The summed E-state index contributed by atoms with van der Waals surface area (Å²) in [5.74, 6) is 3.29. The van der Waals surface area contributed by atoms with Crippen molar-refractivity contribution in [1.82, 2.24) is 0 Å². The standard InChI is InChI=1S/2C5H3NO.H2O/c2*7-4-5-2-1-3-6-5;/h2*1-3H;1H2. The number of allylic oxidation sites excluding steroid dienone is 4. The zero-order chi connectivity index (χ0) is 10.2. The normalized spacial score (nSPS) is 14.1. The first-order valence-electron chi connectivity index (χ1n) is 3.78. The van der Waals surface area contributed by atoms with Crippen LogP contribution in [0.3, 0.4) is 0 Å². The van der Waals surface area contributed by atoms with E-state index in [1.807, 2.05) is 0 Å². The molecular weight excluding hydrogens is 196 g/mol. The lowest BCUT2D eigenvalue weighted by atomic mass is 10.5. The Balaban J connectivity index is 0.000000245. The highest BCUT2D eigenvalue weighted by Gasteiger charge is 1.88.